The third kappa shape index (κ3) is 3.01. The first-order chi connectivity index (χ1) is 13.6. The molecule has 4 rings (SSSR count). The molecule has 0 fully saturated rings. The van der Waals surface area contributed by atoms with Crippen LogP contribution in [-0.2, 0) is 4.79 Å². The van der Waals surface area contributed by atoms with Crippen molar-refractivity contribution < 1.29 is 19.0 Å². The van der Waals surface area contributed by atoms with Gasteiger partial charge in [0.25, 0.3) is 5.91 Å². The lowest BCUT2D eigenvalue weighted by Crippen LogP contribution is -2.30. The molecule has 1 amide bonds. The molecule has 1 aliphatic rings. The average Bonchev–Trinajstić information content (AvgIpc) is 3.00. The van der Waals surface area contributed by atoms with Crippen LogP contribution >= 0.6 is 0 Å². The number of rotatable bonds is 4. The monoisotopic (exact) mass is 375 g/mol. The highest BCUT2D eigenvalue weighted by atomic mass is 19.1. The van der Waals surface area contributed by atoms with Crippen LogP contribution in [0.15, 0.2) is 84.6 Å². The second-order valence-corrected chi connectivity index (χ2v) is 6.46. The van der Waals surface area contributed by atoms with Gasteiger partial charge in [0, 0.05) is 11.3 Å². The Hall–Kier alpha value is -3.60. The number of carbonyl (C=O) groups excluding carboxylic acids is 1. The number of halogens is 1. The lowest BCUT2D eigenvalue weighted by atomic mass is 9.93. The van der Waals surface area contributed by atoms with Crippen LogP contribution in [0.3, 0.4) is 0 Å². The fraction of sp³-hybridized carbons (Fsp3) is 0.0870. The Balaban J connectivity index is 1.87. The number of anilines is 1. The van der Waals surface area contributed by atoms with E-state index in [1.54, 1.807) is 43.5 Å². The first-order valence-corrected chi connectivity index (χ1v) is 8.82. The second kappa shape index (κ2) is 7.19. The van der Waals surface area contributed by atoms with Crippen LogP contribution in [0.1, 0.15) is 17.2 Å². The van der Waals surface area contributed by atoms with Crippen molar-refractivity contribution in [3.8, 4) is 5.75 Å². The van der Waals surface area contributed by atoms with Gasteiger partial charge in [0.15, 0.2) is 5.76 Å². The van der Waals surface area contributed by atoms with Crippen molar-refractivity contribution in [3.05, 3.63) is 102 Å². The van der Waals surface area contributed by atoms with Crippen molar-refractivity contribution >= 4 is 17.2 Å². The minimum absolute atomic E-state index is 0.309. The summed E-state index contributed by atoms with van der Waals surface area (Å²) in [5, 5.41) is 10.7. The summed E-state index contributed by atoms with van der Waals surface area (Å²) in [7, 11) is 1.57. The van der Waals surface area contributed by atoms with Crippen LogP contribution in [0.5, 0.6) is 5.75 Å². The van der Waals surface area contributed by atoms with Gasteiger partial charge in [-0.15, -0.1) is 0 Å². The van der Waals surface area contributed by atoms with Crippen LogP contribution in [0, 0.1) is 5.82 Å². The van der Waals surface area contributed by atoms with Crippen molar-refractivity contribution in [2.75, 3.05) is 12.0 Å². The van der Waals surface area contributed by atoms with E-state index < -0.39 is 11.9 Å². The molecule has 0 radical (unpaired) electrons. The van der Waals surface area contributed by atoms with Gasteiger partial charge in [-0.1, -0.05) is 42.5 Å². The second-order valence-electron chi connectivity index (χ2n) is 6.46. The molecule has 0 bridgehead atoms. The number of benzene rings is 3. The number of hydrogen-bond donors (Lipinski definition) is 1. The van der Waals surface area contributed by atoms with E-state index >= 15 is 0 Å². The zero-order chi connectivity index (χ0) is 19.7. The lowest BCUT2D eigenvalue weighted by Gasteiger charge is -2.27. The zero-order valence-corrected chi connectivity index (χ0v) is 15.2. The maximum absolute atomic E-state index is 13.5. The van der Waals surface area contributed by atoms with E-state index in [1.165, 1.54) is 17.0 Å². The molecule has 28 heavy (non-hydrogen) atoms. The predicted molar refractivity (Wildman–Crippen MR) is 106 cm³/mol. The maximum atomic E-state index is 13.5. The summed E-state index contributed by atoms with van der Waals surface area (Å²) in [4.78, 5) is 14.5. The Morgan fingerprint density at radius 2 is 1.57 bits per heavy atom. The van der Waals surface area contributed by atoms with Crippen molar-refractivity contribution in [3.63, 3.8) is 0 Å². The third-order valence-electron chi connectivity index (χ3n) is 4.83. The normalized spacial score (nSPS) is 16.6. The SMILES string of the molecule is COc1ccc(N2C(=O)C(O)=C(c3ccccc3)C2c2ccc(F)cc2)cc1. The number of ether oxygens (including phenoxy) is 1. The number of aliphatic hydroxyl groups is 1. The quantitative estimate of drug-likeness (QED) is 0.706. The molecular weight excluding hydrogens is 357 g/mol. The van der Waals surface area contributed by atoms with Gasteiger partial charge < -0.3 is 9.84 Å². The molecular formula is C23H18FNO3. The van der Waals surface area contributed by atoms with Gasteiger partial charge in [0.05, 0.1) is 13.2 Å². The standard InChI is InChI=1S/C23H18FNO3/c1-28-19-13-11-18(12-14-19)25-21(16-7-9-17(24)10-8-16)20(22(26)23(25)27)15-5-3-2-4-6-15/h2-14,21,26H,1H3. The molecule has 5 heteroatoms. The molecule has 0 saturated heterocycles. The molecule has 1 heterocycles. The fourth-order valence-electron chi connectivity index (χ4n) is 3.49. The molecule has 3 aromatic carbocycles. The number of hydrogen-bond acceptors (Lipinski definition) is 3. The van der Waals surface area contributed by atoms with Gasteiger partial charge in [0.1, 0.15) is 11.6 Å². The summed E-state index contributed by atoms with van der Waals surface area (Å²) in [6.07, 6.45) is 0. The minimum atomic E-state index is -0.580. The summed E-state index contributed by atoms with van der Waals surface area (Å²) >= 11 is 0. The largest absolute Gasteiger partial charge is 0.503 e. The van der Waals surface area contributed by atoms with Crippen molar-refractivity contribution in [2.45, 2.75) is 6.04 Å². The minimum Gasteiger partial charge on any atom is -0.503 e. The highest BCUT2D eigenvalue weighted by molar-refractivity contribution is 6.15. The first-order valence-electron chi connectivity index (χ1n) is 8.82. The van der Waals surface area contributed by atoms with Gasteiger partial charge in [-0.2, -0.15) is 0 Å². The van der Waals surface area contributed by atoms with E-state index in [4.69, 9.17) is 4.74 Å². The molecule has 0 aliphatic carbocycles. The van der Waals surface area contributed by atoms with Crippen molar-refractivity contribution in [2.24, 2.45) is 0 Å². The zero-order valence-electron chi connectivity index (χ0n) is 15.2. The van der Waals surface area contributed by atoms with E-state index in [1.807, 2.05) is 30.3 Å². The maximum Gasteiger partial charge on any atom is 0.294 e. The van der Waals surface area contributed by atoms with Crippen LogP contribution in [0.2, 0.25) is 0 Å². The summed E-state index contributed by atoms with van der Waals surface area (Å²) in [5.74, 6) is -0.512. The topological polar surface area (TPSA) is 49.8 Å². The van der Waals surface area contributed by atoms with Gasteiger partial charge in [0.2, 0.25) is 0 Å². The van der Waals surface area contributed by atoms with Crippen molar-refractivity contribution in [1.82, 2.24) is 0 Å². The van der Waals surface area contributed by atoms with Crippen LogP contribution in [-0.4, -0.2) is 18.1 Å². The molecule has 1 N–H and O–H groups in total. The Morgan fingerprint density at radius 3 is 2.18 bits per heavy atom. The smallest absolute Gasteiger partial charge is 0.294 e. The van der Waals surface area contributed by atoms with Gasteiger partial charge >= 0.3 is 0 Å². The van der Waals surface area contributed by atoms with Crippen LogP contribution < -0.4 is 9.64 Å². The van der Waals surface area contributed by atoms with Crippen molar-refractivity contribution in [1.29, 1.82) is 0 Å². The average molecular weight is 375 g/mol. The van der Waals surface area contributed by atoms with Gasteiger partial charge in [-0.3, -0.25) is 9.69 Å². The molecule has 1 aliphatic heterocycles. The highest BCUT2D eigenvalue weighted by Gasteiger charge is 2.41. The predicted octanol–water partition coefficient (Wildman–Crippen LogP) is 4.89. The fourth-order valence-corrected chi connectivity index (χ4v) is 3.49. The Kier molecular flexibility index (Phi) is 4.57. The molecule has 140 valence electrons. The molecule has 3 aromatic rings. The van der Waals surface area contributed by atoms with E-state index in [9.17, 15) is 14.3 Å². The number of aliphatic hydroxyl groups excluding tert-OH is 1. The Labute approximate surface area is 162 Å². The van der Waals surface area contributed by atoms with Gasteiger partial charge in [-0.05, 0) is 47.5 Å². The Bertz CT molecular complexity index is 1030. The number of carbonyl (C=O) groups is 1. The first kappa shape index (κ1) is 17.8. The highest BCUT2D eigenvalue weighted by Crippen LogP contribution is 2.45. The molecule has 1 unspecified atom stereocenters. The van der Waals surface area contributed by atoms with E-state index in [0.29, 0.717) is 22.6 Å². The molecule has 0 saturated carbocycles. The summed E-state index contributed by atoms with van der Waals surface area (Å²) in [6, 6.07) is 21.6. The molecule has 0 spiro atoms. The summed E-state index contributed by atoms with van der Waals surface area (Å²) in [6.45, 7) is 0. The van der Waals surface area contributed by atoms with E-state index in [0.717, 1.165) is 5.56 Å². The van der Waals surface area contributed by atoms with E-state index in [2.05, 4.69) is 0 Å². The van der Waals surface area contributed by atoms with E-state index in [-0.39, 0.29) is 11.6 Å². The summed E-state index contributed by atoms with van der Waals surface area (Å²) in [5.41, 5.74) is 2.54. The van der Waals surface area contributed by atoms with Crippen LogP contribution in [0.4, 0.5) is 10.1 Å². The number of amides is 1. The number of nitrogens with zero attached hydrogens (tertiary/aromatic N) is 1. The summed E-state index contributed by atoms with van der Waals surface area (Å²) < 4.78 is 18.7. The third-order valence-corrected chi connectivity index (χ3v) is 4.83. The lowest BCUT2D eigenvalue weighted by molar-refractivity contribution is -0.117. The molecule has 4 nitrogen and oxygen atoms in total. The number of methoxy groups -OCH3 is 1. The van der Waals surface area contributed by atoms with Gasteiger partial charge in [-0.25, -0.2) is 4.39 Å². The molecule has 1 atom stereocenters. The van der Waals surface area contributed by atoms with Crippen LogP contribution in [0.25, 0.3) is 5.57 Å². The molecule has 0 aromatic heterocycles. The Morgan fingerprint density at radius 1 is 0.929 bits per heavy atom.